The van der Waals surface area contributed by atoms with Gasteiger partial charge in [-0.1, -0.05) is 25.1 Å². The first kappa shape index (κ1) is 16.0. The van der Waals surface area contributed by atoms with Crippen molar-refractivity contribution in [3.05, 3.63) is 35.4 Å². The summed E-state index contributed by atoms with van der Waals surface area (Å²) in [6.45, 7) is 3.07. The Labute approximate surface area is 112 Å². The number of benzene rings is 1. The largest absolute Gasteiger partial charge is 0.416 e. The van der Waals surface area contributed by atoms with E-state index in [-0.39, 0.29) is 6.04 Å². The first-order valence-corrected chi connectivity index (χ1v) is 6.39. The first-order valence-electron chi connectivity index (χ1n) is 6.39. The number of ether oxygens (including phenoxy) is 1. The summed E-state index contributed by atoms with van der Waals surface area (Å²) in [4.78, 5) is 0. The lowest BCUT2D eigenvalue weighted by Crippen LogP contribution is -2.24. The molecule has 1 rings (SSSR count). The van der Waals surface area contributed by atoms with Gasteiger partial charge in [-0.2, -0.15) is 13.2 Å². The molecule has 1 unspecified atom stereocenters. The lowest BCUT2D eigenvalue weighted by atomic mass is 9.96. The molecule has 2 nitrogen and oxygen atoms in total. The molecule has 0 aliphatic heterocycles. The summed E-state index contributed by atoms with van der Waals surface area (Å²) >= 11 is 0. The highest BCUT2D eigenvalue weighted by molar-refractivity contribution is 5.32. The van der Waals surface area contributed by atoms with Crippen LogP contribution in [-0.2, 0) is 10.9 Å². The van der Waals surface area contributed by atoms with Gasteiger partial charge in [-0.05, 0) is 31.0 Å². The van der Waals surface area contributed by atoms with E-state index in [1.807, 2.05) is 6.92 Å². The lowest BCUT2D eigenvalue weighted by Gasteiger charge is -2.22. The van der Waals surface area contributed by atoms with Gasteiger partial charge >= 0.3 is 6.18 Å². The molecular formula is C14H20F3NO. The van der Waals surface area contributed by atoms with Gasteiger partial charge in [0.2, 0.25) is 0 Å². The Morgan fingerprint density at radius 3 is 2.53 bits per heavy atom. The SMILES string of the molecule is CCNC(CCCOC)c1ccccc1C(F)(F)F. The molecule has 0 spiro atoms. The molecule has 0 fully saturated rings. The second kappa shape index (κ2) is 7.50. The molecule has 0 saturated heterocycles. The van der Waals surface area contributed by atoms with Crippen molar-refractivity contribution in [1.82, 2.24) is 5.32 Å². The zero-order chi connectivity index (χ0) is 14.3. The minimum atomic E-state index is -4.31. The Morgan fingerprint density at radius 2 is 1.95 bits per heavy atom. The van der Waals surface area contributed by atoms with Crippen LogP contribution in [0.4, 0.5) is 13.2 Å². The standard InChI is InChI=1S/C14H20F3NO/c1-3-18-13(9-6-10-19-2)11-7-4-5-8-12(11)14(15,16)17/h4-5,7-8,13,18H,3,6,9-10H2,1-2H3. The molecule has 1 atom stereocenters. The third-order valence-corrected chi connectivity index (χ3v) is 2.93. The monoisotopic (exact) mass is 275 g/mol. The molecular weight excluding hydrogens is 255 g/mol. The number of hydrogen-bond acceptors (Lipinski definition) is 2. The minimum Gasteiger partial charge on any atom is -0.385 e. The highest BCUT2D eigenvalue weighted by atomic mass is 19.4. The Balaban J connectivity index is 2.95. The third kappa shape index (κ3) is 4.84. The third-order valence-electron chi connectivity index (χ3n) is 2.93. The summed E-state index contributed by atoms with van der Waals surface area (Å²) in [6.07, 6.45) is -2.97. The highest BCUT2D eigenvalue weighted by Gasteiger charge is 2.34. The van der Waals surface area contributed by atoms with Crippen molar-refractivity contribution in [2.24, 2.45) is 0 Å². The van der Waals surface area contributed by atoms with Crippen LogP contribution < -0.4 is 5.32 Å². The van der Waals surface area contributed by atoms with Crippen LogP contribution in [0.3, 0.4) is 0 Å². The number of hydrogen-bond donors (Lipinski definition) is 1. The molecule has 0 heterocycles. The maximum atomic E-state index is 13.0. The van der Waals surface area contributed by atoms with Crippen molar-refractivity contribution in [2.75, 3.05) is 20.3 Å². The van der Waals surface area contributed by atoms with E-state index >= 15 is 0 Å². The summed E-state index contributed by atoms with van der Waals surface area (Å²) in [6, 6.07) is 5.45. The zero-order valence-corrected chi connectivity index (χ0v) is 11.3. The van der Waals surface area contributed by atoms with Crippen LogP contribution in [0.5, 0.6) is 0 Å². The van der Waals surface area contributed by atoms with Crippen molar-refractivity contribution in [3.63, 3.8) is 0 Å². The molecule has 5 heteroatoms. The molecule has 0 aliphatic carbocycles. The number of nitrogens with one attached hydrogen (secondary N) is 1. The fourth-order valence-electron chi connectivity index (χ4n) is 2.10. The van der Waals surface area contributed by atoms with Gasteiger partial charge in [0.05, 0.1) is 5.56 Å². The molecule has 0 saturated carbocycles. The predicted octanol–water partition coefficient (Wildman–Crippen LogP) is 3.78. The van der Waals surface area contributed by atoms with Crippen molar-refractivity contribution >= 4 is 0 Å². The number of halogens is 3. The highest BCUT2D eigenvalue weighted by Crippen LogP contribution is 2.35. The second-order valence-corrected chi connectivity index (χ2v) is 4.33. The number of alkyl halides is 3. The van der Waals surface area contributed by atoms with Crippen LogP contribution in [0.1, 0.15) is 36.9 Å². The Morgan fingerprint density at radius 1 is 1.26 bits per heavy atom. The van der Waals surface area contributed by atoms with Gasteiger partial charge in [-0.25, -0.2) is 0 Å². The molecule has 1 aromatic carbocycles. The van der Waals surface area contributed by atoms with Gasteiger partial charge in [-0.3, -0.25) is 0 Å². The molecule has 1 aromatic rings. The average Bonchev–Trinajstić information content (AvgIpc) is 2.37. The zero-order valence-electron chi connectivity index (χ0n) is 11.3. The van der Waals surface area contributed by atoms with E-state index in [9.17, 15) is 13.2 Å². The van der Waals surface area contributed by atoms with Crippen molar-refractivity contribution in [1.29, 1.82) is 0 Å². The molecule has 0 amide bonds. The molecule has 0 aromatic heterocycles. The first-order chi connectivity index (χ1) is 9.00. The second-order valence-electron chi connectivity index (χ2n) is 4.33. The Bertz CT molecular complexity index is 379. The van der Waals surface area contributed by atoms with E-state index in [2.05, 4.69) is 5.32 Å². The van der Waals surface area contributed by atoms with Crippen LogP contribution in [0, 0.1) is 0 Å². The number of methoxy groups -OCH3 is 1. The van der Waals surface area contributed by atoms with Gasteiger partial charge in [0, 0.05) is 19.8 Å². The maximum Gasteiger partial charge on any atom is 0.416 e. The van der Waals surface area contributed by atoms with E-state index < -0.39 is 11.7 Å². The molecule has 19 heavy (non-hydrogen) atoms. The van der Waals surface area contributed by atoms with Crippen LogP contribution in [0.25, 0.3) is 0 Å². The van der Waals surface area contributed by atoms with Gasteiger partial charge in [0.15, 0.2) is 0 Å². The molecule has 108 valence electrons. The normalized spacial score (nSPS) is 13.5. The topological polar surface area (TPSA) is 21.3 Å². The van der Waals surface area contributed by atoms with E-state index in [0.717, 1.165) is 12.5 Å². The van der Waals surface area contributed by atoms with Crippen LogP contribution >= 0.6 is 0 Å². The molecule has 0 aliphatic rings. The Kier molecular flexibility index (Phi) is 6.31. The van der Waals surface area contributed by atoms with Gasteiger partial charge in [0.1, 0.15) is 0 Å². The van der Waals surface area contributed by atoms with Crippen molar-refractivity contribution in [2.45, 2.75) is 32.0 Å². The van der Waals surface area contributed by atoms with E-state index in [1.165, 1.54) is 6.07 Å². The summed E-state index contributed by atoms with van der Waals surface area (Å²) in [5.41, 5.74) is -0.244. The van der Waals surface area contributed by atoms with E-state index in [4.69, 9.17) is 4.74 Å². The van der Waals surface area contributed by atoms with Crippen LogP contribution in [0.2, 0.25) is 0 Å². The molecule has 1 N–H and O–H groups in total. The average molecular weight is 275 g/mol. The molecule has 0 radical (unpaired) electrons. The van der Waals surface area contributed by atoms with E-state index in [1.54, 1.807) is 19.2 Å². The van der Waals surface area contributed by atoms with Gasteiger partial charge < -0.3 is 10.1 Å². The van der Waals surface area contributed by atoms with Gasteiger partial charge in [-0.15, -0.1) is 0 Å². The van der Waals surface area contributed by atoms with Crippen LogP contribution in [-0.4, -0.2) is 20.3 Å². The number of rotatable bonds is 7. The summed E-state index contributed by atoms with van der Waals surface area (Å²) in [5.74, 6) is 0. The van der Waals surface area contributed by atoms with Gasteiger partial charge in [0.25, 0.3) is 0 Å². The summed E-state index contributed by atoms with van der Waals surface area (Å²) in [7, 11) is 1.59. The summed E-state index contributed by atoms with van der Waals surface area (Å²) < 4.78 is 43.9. The lowest BCUT2D eigenvalue weighted by molar-refractivity contribution is -0.138. The smallest absolute Gasteiger partial charge is 0.385 e. The fraction of sp³-hybridized carbons (Fsp3) is 0.571. The fourth-order valence-corrected chi connectivity index (χ4v) is 2.10. The van der Waals surface area contributed by atoms with Crippen molar-refractivity contribution in [3.8, 4) is 0 Å². The quantitative estimate of drug-likeness (QED) is 0.765. The van der Waals surface area contributed by atoms with Crippen LogP contribution in [0.15, 0.2) is 24.3 Å². The minimum absolute atomic E-state index is 0.294. The Hall–Kier alpha value is -1.07. The van der Waals surface area contributed by atoms with E-state index in [0.29, 0.717) is 25.1 Å². The predicted molar refractivity (Wildman–Crippen MR) is 69.0 cm³/mol. The summed E-state index contributed by atoms with van der Waals surface area (Å²) in [5, 5.41) is 3.11. The maximum absolute atomic E-state index is 13.0. The van der Waals surface area contributed by atoms with Crippen molar-refractivity contribution < 1.29 is 17.9 Å². The molecule has 0 bridgehead atoms.